The molecule has 1 aliphatic carbocycles. The number of halogens is 5. The van der Waals surface area contributed by atoms with Crippen LogP contribution >= 0.6 is 11.6 Å². The number of hydrogen-bond acceptors (Lipinski definition) is 4. The van der Waals surface area contributed by atoms with Crippen molar-refractivity contribution in [1.29, 1.82) is 0 Å². The zero-order valence-electron chi connectivity index (χ0n) is 14.6. The van der Waals surface area contributed by atoms with Gasteiger partial charge in [-0.1, -0.05) is 23.7 Å². The van der Waals surface area contributed by atoms with Gasteiger partial charge in [0.05, 0.1) is 10.7 Å². The number of fused-ring (bicyclic) bond motifs is 1. The molecule has 1 saturated carbocycles. The molecule has 0 bridgehead atoms. The van der Waals surface area contributed by atoms with E-state index in [1.165, 1.54) is 6.07 Å². The zero-order chi connectivity index (χ0) is 20.1. The van der Waals surface area contributed by atoms with Gasteiger partial charge in [-0.05, 0) is 30.9 Å². The molecule has 2 heterocycles. The molecule has 1 aliphatic heterocycles. The first-order valence-corrected chi connectivity index (χ1v) is 9.10. The highest BCUT2D eigenvalue weighted by atomic mass is 35.5. The maximum absolute atomic E-state index is 14.6. The number of nitrogens with two attached hydrogens (primary N) is 1. The average Bonchev–Trinajstić information content (AvgIpc) is 3.34. The normalized spacial score (nSPS) is 26.0. The number of rotatable bonds is 6. The standard InChI is InChI=1S/C18H17ClF4N4O/c19-12-7-27(16(22)23)26-14(12)4-2-9-1-3-13(21)10(5-9)18(8-20)11-6-15(11)28-17(24)25-18/h1,3,5,7,11,15-16H,2,4,6,8H2,(H2,24,25)/t11-,15+,18+/m0/s1. The zero-order valence-corrected chi connectivity index (χ0v) is 15.3. The maximum atomic E-state index is 14.6. The summed E-state index contributed by atoms with van der Waals surface area (Å²) in [6, 6.07) is 4.20. The smallest absolute Gasteiger partial charge is 0.333 e. The highest BCUT2D eigenvalue weighted by molar-refractivity contribution is 6.31. The third-order valence-electron chi connectivity index (χ3n) is 5.24. The van der Waals surface area contributed by atoms with Crippen molar-refractivity contribution in [2.45, 2.75) is 37.5 Å². The van der Waals surface area contributed by atoms with Gasteiger partial charge in [0.15, 0.2) is 0 Å². The van der Waals surface area contributed by atoms with Crippen LogP contribution in [-0.4, -0.2) is 28.6 Å². The Kier molecular flexibility index (Phi) is 4.73. The molecule has 4 rings (SSSR count). The SMILES string of the molecule is NC1=N[C@](CF)(c2cc(CCc3nn(C(F)F)cc3Cl)ccc2F)[C@H]2C[C@H]2O1. The lowest BCUT2D eigenvalue weighted by atomic mass is 9.84. The molecule has 0 radical (unpaired) electrons. The van der Waals surface area contributed by atoms with Gasteiger partial charge < -0.3 is 10.5 Å². The molecule has 0 spiro atoms. The molecule has 1 aromatic carbocycles. The van der Waals surface area contributed by atoms with Crippen LogP contribution in [-0.2, 0) is 23.1 Å². The van der Waals surface area contributed by atoms with E-state index >= 15 is 0 Å². The second kappa shape index (κ2) is 6.95. The quantitative estimate of drug-likeness (QED) is 0.729. The van der Waals surface area contributed by atoms with Crippen molar-refractivity contribution in [3.05, 3.63) is 52.1 Å². The van der Waals surface area contributed by atoms with Crippen LogP contribution in [0.15, 0.2) is 29.4 Å². The minimum atomic E-state index is -2.78. The van der Waals surface area contributed by atoms with Gasteiger partial charge in [-0.15, -0.1) is 0 Å². The molecule has 1 aromatic heterocycles. The summed E-state index contributed by atoms with van der Waals surface area (Å²) >= 11 is 5.95. The number of alkyl halides is 3. The molecule has 2 aliphatic rings. The van der Waals surface area contributed by atoms with Crippen LogP contribution in [0, 0.1) is 11.7 Å². The first-order valence-electron chi connectivity index (χ1n) is 8.72. The Labute approximate surface area is 163 Å². The van der Waals surface area contributed by atoms with E-state index < -0.39 is 24.6 Å². The molecule has 2 N–H and O–H groups in total. The van der Waals surface area contributed by atoms with Gasteiger partial charge in [0.25, 0.3) is 6.02 Å². The van der Waals surface area contributed by atoms with Gasteiger partial charge in [0, 0.05) is 17.7 Å². The van der Waals surface area contributed by atoms with E-state index in [4.69, 9.17) is 22.1 Å². The van der Waals surface area contributed by atoms with Crippen molar-refractivity contribution in [3.8, 4) is 0 Å². The number of aryl methyl sites for hydroxylation is 2. The molecule has 150 valence electrons. The fourth-order valence-corrected chi connectivity index (χ4v) is 3.96. The van der Waals surface area contributed by atoms with Crippen LogP contribution in [0.5, 0.6) is 0 Å². The summed E-state index contributed by atoms with van der Waals surface area (Å²) in [6.07, 6.45) is 1.99. The summed E-state index contributed by atoms with van der Waals surface area (Å²) in [4.78, 5) is 4.12. The highest BCUT2D eigenvalue weighted by Crippen LogP contribution is 2.53. The van der Waals surface area contributed by atoms with Crippen molar-refractivity contribution in [2.75, 3.05) is 6.67 Å². The lowest BCUT2D eigenvalue weighted by Gasteiger charge is -2.31. The maximum Gasteiger partial charge on any atom is 0.333 e. The molecular weight excluding hydrogens is 400 g/mol. The minimum absolute atomic E-state index is 0.121. The Balaban J connectivity index is 1.60. The summed E-state index contributed by atoms with van der Waals surface area (Å²) in [5.41, 5.74) is 5.37. The monoisotopic (exact) mass is 416 g/mol. The minimum Gasteiger partial charge on any atom is -0.462 e. The molecule has 0 unspecified atom stereocenters. The van der Waals surface area contributed by atoms with Crippen LogP contribution < -0.4 is 5.73 Å². The Morgan fingerprint density at radius 2 is 2.14 bits per heavy atom. The molecule has 10 heteroatoms. The predicted octanol–water partition coefficient (Wildman–Crippen LogP) is 3.75. The Bertz CT molecular complexity index is 934. The topological polar surface area (TPSA) is 65.4 Å². The lowest BCUT2D eigenvalue weighted by molar-refractivity contribution is 0.0562. The molecule has 2 aromatic rings. The molecule has 0 saturated heterocycles. The number of amidine groups is 1. The predicted molar refractivity (Wildman–Crippen MR) is 94.6 cm³/mol. The van der Waals surface area contributed by atoms with E-state index in [1.54, 1.807) is 12.1 Å². The number of benzene rings is 1. The molecule has 28 heavy (non-hydrogen) atoms. The van der Waals surface area contributed by atoms with Gasteiger partial charge >= 0.3 is 6.55 Å². The van der Waals surface area contributed by atoms with Gasteiger partial charge in [-0.2, -0.15) is 13.9 Å². The lowest BCUT2D eigenvalue weighted by Crippen LogP contribution is -2.39. The van der Waals surface area contributed by atoms with Crippen molar-refractivity contribution in [2.24, 2.45) is 16.6 Å². The molecule has 3 atom stereocenters. The van der Waals surface area contributed by atoms with Crippen molar-refractivity contribution < 1.29 is 22.3 Å². The first-order chi connectivity index (χ1) is 13.3. The van der Waals surface area contributed by atoms with Crippen LogP contribution in [0.4, 0.5) is 17.6 Å². The van der Waals surface area contributed by atoms with Crippen LogP contribution in [0.3, 0.4) is 0 Å². The van der Waals surface area contributed by atoms with Gasteiger partial charge in [-0.25, -0.2) is 18.5 Å². The Morgan fingerprint density at radius 1 is 1.36 bits per heavy atom. The number of hydrogen-bond donors (Lipinski definition) is 1. The summed E-state index contributed by atoms with van der Waals surface area (Å²) in [5.74, 6) is -0.851. The third-order valence-corrected chi connectivity index (χ3v) is 5.55. The van der Waals surface area contributed by atoms with Gasteiger partial charge in [-0.3, -0.25) is 0 Å². The van der Waals surface area contributed by atoms with E-state index in [2.05, 4.69) is 10.1 Å². The van der Waals surface area contributed by atoms with Crippen LogP contribution in [0.25, 0.3) is 0 Å². The van der Waals surface area contributed by atoms with Crippen molar-refractivity contribution in [1.82, 2.24) is 9.78 Å². The summed E-state index contributed by atoms with van der Waals surface area (Å²) in [5, 5.41) is 3.89. The van der Waals surface area contributed by atoms with Crippen molar-refractivity contribution >= 4 is 17.6 Å². The van der Waals surface area contributed by atoms with Gasteiger partial charge in [0.2, 0.25) is 0 Å². The summed E-state index contributed by atoms with van der Waals surface area (Å²) < 4.78 is 59.9. The first kappa shape index (κ1) is 19.0. The van der Waals surface area contributed by atoms with E-state index in [9.17, 15) is 17.6 Å². The second-order valence-corrected chi connectivity index (χ2v) is 7.41. The van der Waals surface area contributed by atoms with Gasteiger partial charge in [0.1, 0.15) is 24.1 Å². The fraction of sp³-hybridized carbons (Fsp3) is 0.444. The number of nitrogens with zero attached hydrogens (tertiary/aromatic N) is 3. The van der Waals surface area contributed by atoms with Crippen LogP contribution in [0.2, 0.25) is 5.02 Å². The Morgan fingerprint density at radius 3 is 2.82 bits per heavy atom. The average molecular weight is 417 g/mol. The van der Waals surface area contributed by atoms with E-state index in [-0.39, 0.29) is 35.1 Å². The van der Waals surface area contributed by atoms with Crippen molar-refractivity contribution in [3.63, 3.8) is 0 Å². The number of ether oxygens (including phenoxy) is 1. The Hall–Kier alpha value is -2.29. The van der Waals surface area contributed by atoms with E-state index in [0.29, 0.717) is 28.8 Å². The molecular formula is C18H17ClF4N4O. The van der Waals surface area contributed by atoms with Crippen LogP contribution in [0.1, 0.15) is 29.8 Å². The number of aliphatic imine (C=N–C) groups is 1. The molecule has 0 amide bonds. The summed E-state index contributed by atoms with van der Waals surface area (Å²) in [6.45, 7) is -3.68. The highest BCUT2D eigenvalue weighted by Gasteiger charge is 2.60. The molecule has 1 fully saturated rings. The van der Waals surface area contributed by atoms with E-state index in [0.717, 1.165) is 6.20 Å². The largest absolute Gasteiger partial charge is 0.462 e. The molecule has 5 nitrogen and oxygen atoms in total. The fourth-order valence-electron chi connectivity index (χ4n) is 3.72. The second-order valence-electron chi connectivity index (χ2n) is 7.00. The van der Waals surface area contributed by atoms with E-state index in [1.807, 2.05) is 0 Å². The summed E-state index contributed by atoms with van der Waals surface area (Å²) in [7, 11) is 0. The number of aromatic nitrogens is 2. The third kappa shape index (κ3) is 3.21.